The molecule has 0 aliphatic carbocycles. The van der Waals surface area contributed by atoms with E-state index in [1.807, 2.05) is 25.1 Å². The van der Waals surface area contributed by atoms with Gasteiger partial charge < -0.3 is 23.8 Å². The summed E-state index contributed by atoms with van der Waals surface area (Å²) in [5, 5.41) is 1.32. The van der Waals surface area contributed by atoms with E-state index in [-0.39, 0.29) is 24.8 Å². The van der Waals surface area contributed by atoms with Gasteiger partial charge in [0, 0.05) is 40.8 Å². The molecule has 204 valence electrons. The molecule has 39 heavy (non-hydrogen) atoms. The number of amides is 1. The van der Waals surface area contributed by atoms with Crippen LogP contribution in [-0.2, 0) is 17.8 Å². The number of carbonyl (C=O) groups excluding carboxylic acids is 2. The first-order valence-electron chi connectivity index (χ1n) is 12.2. The third-order valence-electron chi connectivity index (χ3n) is 6.78. The summed E-state index contributed by atoms with van der Waals surface area (Å²) in [4.78, 5) is 28.7. The number of methoxy groups -OCH3 is 4. The van der Waals surface area contributed by atoms with Crippen molar-refractivity contribution in [3.05, 3.63) is 82.0 Å². The number of fused-ring (bicyclic) bond motifs is 1. The maximum absolute atomic E-state index is 13.6. The summed E-state index contributed by atoms with van der Waals surface area (Å²) in [6, 6.07) is 15.9. The smallest absolute Gasteiger partial charge is 0.262 e. The van der Waals surface area contributed by atoms with Crippen LogP contribution in [0.3, 0.4) is 0 Å². The number of carbonyl (C=O) groups is 2. The Morgan fingerprint density at radius 1 is 0.872 bits per heavy atom. The number of ether oxygens (including phenoxy) is 4. The molecule has 0 unspecified atom stereocenters. The van der Waals surface area contributed by atoms with Gasteiger partial charge in [-0.05, 0) is 67.1 Å². The van der Waals surface area contributed by atoms with E-state index < -0.39 is 0 Å². The monoisotopic (exact) mass is 550 g/mol. The summed E-state index contributed by atoms with van der Waals surface area (Å²) in [5.41, 5.74) is 3.39. The number of hydrogen-bond donors (Lipinski definition) is 0. The largest absolute Gasteiger partial charge is 0.497 e. The molecule has 9 heteroatoms. The van der Waals surface area contributed by atoms with Crippen molar-refractivity contribution >= 4 is 34.3 Å². The Labute approximate surface area is 232 Å². The van der Waals surface area contributed by atoms with Crippen molar-refractivity contribution in [3.63, 3.8) is 0 Å². The van der Waals surface area contributed by atoms with Gasteiger partial charge in [-0.2, -0.15) is 0 Å². The lowest BCUT2D eigenvalue weighted by molar-refractivity contribution is -0.129. The topological polar surface area (TPSA) is 79.2 Å². The zero-order chi connectivity index (χ0) is 28.3. The second-order valence-electron chi connectivity index (χ2n) is 9.01. The van der Waals surface area contributed by atoms with Gasteiger partial charge in [-0.25, -0.2) is 0 Å². The van der Waals surface area contributed by atoms with Crippen LogP contribution in [0, 0.1) is 6.92 Å². The Bertz CT molecular complexity index is 1530. The lowest BCUT2D eigenvalue weighted by atomic mass is 10.1. The van der Waals surface area contributed by atoms with Crippen molar-refractivity contribution in [1.29, 1.82) is 0 Å². The molecule has 0 fully saturated rings. The Hall–Kier alpha value is -4.17. The summed E-state index contributed by atoms with van der Waals surface area (Å²) < 4.78 is 23.5. The zero-order valence-electron chi connectivity index (χ0n) is 22.8. The van der Waals surface area contributed by atoms with Gasteiger partial charge in [-0.3, -0.25) is 14.2 Å². The number of aromatic nitrogens is 1. The van der Waals surface area contributed by atoms with Crippen LogP contribution in [-0.4, -0.2) is 56.8 Å². The van der Waals surface area contributed by atoms with E-state index >= 15 is 0 Å². The molecule has 8 nitrogen and oxygen atoms in total. The standard InChI is InChI=1S/C30H31ClN2O6/c1-18-23(16-27(34)32(2)17-20-9-14-26(37-4)29(39-6)28(20)38-5)24-15-22(36-3)12-13-25(24)33(18)30(35)19-7-10-21(31)11-8-19/h7-15H,16-17H2,1-6H3. The van der Waals surface area contributed by atoms with E-state index in [1.165, 1.54) is 7.11 Å². The first kappa shape index (κ1) is 27.9. The molecule has 1 aromatic heterocycles. The second kappa shape index (κ2) is 11.7. The molecule has 1 heterocycles. The van der Waals surface area contributed by atoms with Crippen LogP contribution < -0.4 is 18.9 Å². The van der Waals surface area contributed by atoms with Gasteiger partial charge in [0.2, 0.25) is 11.7 Å². The van der Waals surface area contributed by atoms with Gasteiger partial charge in [0.25, 0.3) is 5.91 Å². The molecule has 4 rings (SSSR count). The molecule has 0 saturated carbocycles. The molecule has 3 aromatic carbocycles. The van der Waals surface area contributed by atoms with Crippen molar-refractivity contribution in [2.45, 2.75) is 19.9 Å². The van der Waals surface area contributed by atoms with Gasteiger partial charge >= 0.3 is 0 Å². The van der Waals surface area contributed by atoms with Crippen molar-refractivity contribution in [2.24, 2.45) is 0 Å². The molecule has 4 aromatic rings. The van der Waals surface area contributed by atoms with Crippen LogP contribution >= 0.6 is 11.6 Å². The minimum Gasteiger partial charge on any atom is -0.497 e. The zero-order valence-corrected chi connectivity index (χ0v) is 23.6. The summed E-state index contributed by atoms with van der Waals surface area (Å²) >= 11 is 6.03. The number of rotatable bonds is 9. The lowest BCUT2D eigenvalue weighted by Gasteiger charge is -2.21. The number of hydrogen-bond acceptors (Lipinski definition) is 6. The minimum absolute atomic E-state index is 0.0858. The van der Waals surface area contributed by atoms with E-state index in [2.05, 4.69) is 0 Å². The molecule has 0 atom stereocenters. The van der Waals surface area contributed by atoms with Crippen molar-refractivity contribution in [3.8, 4) is 23.0 Å². The maximum atomic E-state index is 13.6. The third-order valence-corrected chi connectivity index (χ3v) is 7.04. The average Bonchev–Trinajstić information content (AvgIpc) is 3.22. The molecule has 0 aliphatic rings. The number of likely N-dealkylation sites (N-methyl/N-ethyl adjacent to an activating group) is 1. The van der Waals surface area contributed by atoms with E-state index in [1.54, 1.807) is 74.2 Å². The quantitative estimate of drug-likeness (QED) is 0.273. The normalized spacial score (nSPS) is 10.8. The van der Waals surface area contributed by atoms with Gasteiger partial charge in [0.1, 0.15) is 5.75 Å². The van der Waals surface area contributed by atoms with Crippen LogP contribution in [0.1, 0.15) is 27.2 Å². The Kier molecular flexibility index (Phi) is 8.35. The van der Waals surface area contributed by atoms with Crippen molar-refractivity contribution in [2.75, 3.05) is 35.5 Å². The summed E-state index contributed by atoms with van der Waals surface area (Å²) in [7, 11) is 7.95. The molecular formula is C30H31ClN2O6. The molecule has 0 aliphatic heterocycles. The number of halogens is 1. The summed E-state index contributed by atoms with van der Waals surface area (Å²) in [6.07, 6.45) is 0.0858. The van der Waals surface area contributed by atoms with Crippen LogP contribution in [0.25, 0.3) is 10.9 Å². The first-order chi connectivity index (χ1) is 18.7. The van der Waals surface area contributed by atoms with Crippen molar-refractivity contribution < 1.29 is 28.5 Å². The Balaban J connectivity index is 1.69. The fraction of sp³-hybridized carbons (Fsp3) is 0.267. The molecule has 0 saturated heterocycles. The maximum Gasteiger partial charge on any atom is 0.262 e. The van der Waals surface area contributed by atoms with E-state index in [9.17, 15) is 9.59 Å². The van der Waals surface area contributed by atoms with Crippen LogP contribution in [0.5, 0.6) is 23.0 Å². The fourth-order valence-electron chi connectivity index (χ4n) is 4.71. The van der Waals surface area contributed by atoms with Crippen molar-refractivity contribution in [1.82, 2.24) is 9.47 Å². The summed E-state index contributed by atoms with van der Waals surface area (Å²) in [5.74, 6) is 1.80. The van der Waals surface area contributed by atoms with Crippen LogP contribution in [0.15, 0.2) is 54.6 Å². The third kappa shape index (κ3) is 5.38. The fourth-order valence-corrected chi connectivity index (χ4v) is 4.84. The van der Waals surface area contributed by atoms with E-state index in [0.717, 1.165) is 16.5 Å². The molecule has 0 N–H and O–H groups in total. The molecule has 0 spiro atoms. The highest BCUT2D eigenvalue weighted by atomic mass is 35.5. The number of benzene rings is 3. The Morgan fingerprint density at radius 3 is 2.18 bits per heavy atom. The predicted molar refractivity (Wildman–Crippen MR) is 151 cm³/mol. The molecule has 1 amide bonds. The highest BCUT2D eigenvalue weighted by Crippen LogP contribution is 2.40. The minimum atomic E-state index is -0.207. The number of nitrogens with zero attached hydrogens (tertiary/aromatic N) is 2. The van der Waals surface area contributed by atoms with Crippen LogP contribution in [0.4, 0.5) is 0 Å². The van der Waals surface area contributed by atoms with Gasteiger partial charge in [0.15, 0.2) is 11.5 Å². The van der Waals surface area contributed by atoms with Gasteiger partial charge in [-0.1, -0.05) is 11.6 Å². The van der Waals surface area contributed by atoms with E-state index in [0.29, 0.717) is 44.8 Å². The van der Waals surface area contributed by atoms with Gasteiger partial charge in [-0.15, -0.1) is 0 Å². The Morgan fingerprint density at radius 2 is 1.56 bits per heavy atom. The lowest BCUT2D eigenvalue weighted by Crippen LogP contribution is -2.28. The van der Waals surface area contributed by atoms with Crippen LogP contribution in [0.2, 0.25) is 5.02 Å². The van der Waals surface area contributed by atoms with Gasteiger partial charge in [0.05, 0.1) is 40.4 Å². The molecular weight excluding hydrogens is 520 g/mol. The SMILES string of the molecule is COc1ccc2c(c1)c(CC(=O)N(C)Cc1ccc(OC)c(OC)c1OC)c(C)n2C(=O)c1ccc(Cl)cc1. The average molecular weight is 551 g/mol. The highest BCUT2D eigenvalue weighted by Gasteiger charge is 2.24. The predicted octanol–water partition coefficient (Wildman–Crippen LogP) is 5.53. The summed E-state index contributed by atoms with van der Waals surface area (Å²) in [6.45, 7) is 2.13. The molecule has 0 bridgehead atoms. The highest BCUT2D eigenvalue weighted by molar-refractivity contribution is 6.30. The first-order valence-corrected chi connectivity index (χ1v) is 12.6. The second-order valence-corrected chi connectivity index (χ2v) is 9.45. The molecule has 0 radical (unpaired) electrons. The van der Waals surface area contributed by atoms with E-state index in [4.69, 9.17) is 30.5 Å².